The third kappa shape index (κ3) is 1.39. The van der Waals surface area contributed by atoms with Crippen LogP contribution < -0.4 is 15.2 Å². The van der Waals surface area contributed by atoms with Gasteiger partial charge in [-0.25, -0.2) is 0 Å². The normalized spacial score (nSPS) is 23.2. The van der Waals surface area contributed by atoms with Gasteiger partial charge in [-0.3, -0.25) is 0 Å². The molecule has 1 aromatic rings. The first-order chi connectivity index (χ1) is 7.40. The van der Waals surface area contributed by atoms with Gasteiger partial charge in [-0.05, 0) is 43.0 Å². The molecule has 1 aliphatic carbocycles. The van der Waals surface area contributed by atoms with Crippen molar-refractivity contribution in [2.45, 2.75) is 44.9 Å². The van der Waals surface area contributed by atoms with Crippen LogP contribution in [0.1, 0.15) is 37.8 Å². The number of hydrogen-bond donors (Lipinski definition) is 1. The fourth-order valence-electron chi connectivity index (χ4n) is 2.31. The lowest BCUT2D eigenvalue weighted by Gasteiger charge is -2.16. The number of aryl methyl sites for hydroxylation is 1. The summed E-state index contributed by atoms with van der Waals surface area (Å²) in [7, 11) is 0. The van der Waals surface area contributed by atoms with Gasteiger partial charge in [0.2, 0.25) is 5.79 Å². The van der Waals surface area contributed by atoms with Crippen molar-refractivity contribution in [2.75, 3.05) is 0 Å². The van der Waals surface area contributed by atoms with Gasteiger partial charge in [0.25, 0.3) is 0 Å². The summed E-state index contributed by atoms with van der Waals surface area (Å²) in [6.07, 6.45) is 2.13. The second-order valence-corrected chi connectivity index (χ2v) is 5.37. The van der Waals surface area contributed by atoms with Crippen LogP contribution in [-0.4, -0.2) is 5.79 Å². The van der Waals surface area contributed by atoms with Crippen molar-refractivity contribution in [3.8, 4) is 11.5 Å². The zero-order valence-electron chi connectivity index (χ0n) is 9.96. The molecule has 1 aromatic carbocycles. The van der Waals surface area contributed by atoms with Gasteiger partial charge in [0, 0.05) is 19.4 Å². The third-order valence-corrected chi connectivity index (χ3v) is 3.33. The zero-order valence-corrected chi connectivity index (χ0v) is 9.96. The lowest BCUT2D eigenvalue weighted by Crippen LogP contribution is -2.29. The van der Waals surface area contributed by atoms with Crippen molar-refractivity contribution in [3.63, 3.8) is 0 Å². The molecule has 0 saturated heterocycles. The first-order valence-corrected chi connectivity index (χ1v) is 5.72. The van der Waals surface area contributed by atoms with Crippen molar-refractivity contribution in [3.05, 3.63) is 23.3 Å². The van der Waals surface area contributed by atoms with E-state index in [-0.39, 0.29) is 5.54 Å². The summed E-state index contributed by atoms with van der Waals surface area (Å²) >= 11 is 0. The van der Waals surface area contributed by atoms with E-state index in [0.29, 0.717) is 0 Å². The van der Waals surface area contributed by atoms with Gasteiger partial charge >= 0.3 is 0 Å². The van der Waals surface area contributed by atoms with E-state index in [1.807, 2.05) is 26.0 Å². The molecule has 0 atom stereocenters. The lowest BCUT2D eigenvalue weighted by molar-refractivity contribution is -0.0431. The summed E-state index contributed by atoms with van der Waals surface area (Å²) in [5.74, 6) is 1.09. The molecule has 0 aromatic heterocycles. The van der Waals surface area contributed by atoms with Crippen LogP contribution in [-0.2, 0) is 5.54 Å². The molecule has 3 nitrogen and oxygen atoms in total. The highest BCUT2D eigenvalue weighted by molar-refractivity contribution is 5.52. The Morgan fingerprint density at radius 1 is 1.12 bits per heavy atom. The SMILES string of the molecule is Cc1cc2c(cc1C1(N)CC1)OC(C)(C)O2. The standard InChI is InChI=1S/C13H17NO2/c1-8-6-10-11(16-12(2,3)15-10)7-9(8)13(14)4-5-13/h6-7H,4-5,14H2,1-3H3. The number of nitrogens with two attached hydrogens (primary N) is 1. The smallest absolute Gasteiger partial charge is 0.246 e. The molecular weight excluding hydrogens is 202 g/mol. The van der Waals surface area contributed by atoms with Gasteiger partial charge in [0.1, 0.15) is 0 Å². The zero-order chi connectivity index (χ0) is 11.6. The van der Waals surface area contributed by atoms with E-state index in [1.165, 1.54) is 11.1 Å². The number of ether oxygens (including phenoxy) is 2. The van der Waals surface area contributed by atoms with E-state index in [4.69, 9.17) is 15.2 Å². The van der Waals surface area contributed by atoms with Crippen LogP contribution in [0.15, 0.2) is 12.1 Å². The lowest BCUT2D eigenvalue weighted by atomic mass is 9.99. The molecule has 2 aliphatic rings. The van der Waals surface area contributed by atoms with Crippen LogP contribution in [0, 0.1) is 6.92 Å². The van der Waals surface area contributed by atoms with Gasteiger partial charge in [-0.2, -0.15) is 0 Å². The molecule has 0 amide bonds. The number of benzene rings is 1. The highest BCUT2D eigenvalue weighted by atomic mass is 16.7. The minimum atomic E-state index is -0.557. The number of rotatable bonds is 1. The van der Waals surface area contributed by atoms with Crippen molar-refractivity contribution in [2.24, 2.45) is 5.73 Å². The Kier molecular flexibility index (Phi) is 1.69. The summed E-state index contributed by atoms with van der Waals surface area (Å²) in [6, 6.07) is 4.08. The highest BCUT2D eigenvalue weighted by Crippen LogP contribution is 2.49. The van der Waals surface area contributed by atoms with Gasteiger partial charge in [0.15, 0.2) is 11.5 Å². The average molecular weight is 219 g/mol. The van der Waals surface area contributed by atoms with Crippen molar-refractivity contribution in [1.29, 1.82) is 0 Å². The average Bonchev–Trinajstić information content (AvgIpc) is 2.80. The molecule has 0 radical (unpaired) electrons. The van der Waals surface area contributed by atoms with Crippen molar-refractivity contribution >= 4 is 0 Å². The van der Waals surface area contributed by atoms with Crippen molar-refractivity contribution in [1.82, 2.24) is 0 Å². The van der Waals surface area contributed by atoms with Crippen LogP contribution in [0.5, 0.6) is 11.5 Å². The molecule has 1 fully saturated rings. The van der Waals surface area contributed by atoms with E-state index in [2.05, 4.69) is 6.92 Å². The van der Waals surface area contributed by atoms with E-state index < -0.39 is 5.79 Å². The maximum Gasteiger partial charge on any atom is 0.246 e. The van der Waals surface area contributed by atoms with Gasteiger partial charge in [-0.1, -0.05) is 0 Å². The van der Waals surface area contributed by atoms with Gasteiger partial charge < -0.3 is 15.2 Å². The summed E-state index contributed by atoms with van der Waals surface area (Å²) in [6.45, 7) is 5.91. The molecule has 3 rings (SSSR count). The Balaban J connectivity index is 2.07. The maximum absolute atomic E-state index is 6.23. The fourth-order valence-corrected chi connectivity index (χ4v) is 2.31. The summed E-state index contributed by atoms with van der Waals surface area (Å²) in [5.41, 5.74) is 8.51. The maximum atomic E-state index is 6.23. The molecule has 0 unspecified atom stereocenters. The second kappa shape index (κ2) is 2.72. The first kappa shape index (κ1) is 9.97. The molecule has 2 N–H and O–H groups in total. The molecule has 86 valence electrons. The molecule has 1 aliphatic heterocycles. The minimum Gasteiger partial charge on any atom is -0.449 e. The Bertz CT molecular complexity index is 461. The van der Waals surface area contributed by atoms with Gasteiger partial charge in [-0.15, -0.1) is 0 Å². The molecule has 1 heterocycles. The fraction of sp³-hybridized carbons (Fsp3) is 0.538. The Morgan fingerprint density at radius 2 is 1.69 bits per heavy atom. The Morgan fingerprint density at radius 3 is 2.25 bits per heavy atom. The molecule has 0 bridgehead atoms. The van der Waals surface area contributed by atoms with Crippen LogP contribution in [0.4, 0.5) is 0 Å². The van der Waals surface area contributed by atoms with Crippen molar-refractivity contribution < 1.29 is 9.47 Å². The molecule has 3 heteroatoms. The quantitative estimate of drug-likeness (QED) is 0.789. The van der Waals surface area contributed by atoms with Crippen LogP contribution in [0.25, 0.3) is 0 Å². The monoisotopic (exact) mass is 219 g/mol. The number of fused-ring (bicyclic) bond motifs is 1. The topological polar surface area (TPSA) is 44.5 Å². The van der Waals surface area contributed by atoms with E-state index >= 15 is 0 Å². The Labute approximate surface area is 95.5 Å². The van der Waals surface area contributed by atoms with E-state index in [1.54, 1.807) is 0 Å². The molecule has 16 heavy (non-hydrogen) atoms. The second-order valence-electron chi connectivity index (χ2n) is 5.37. The van der Waals surface area contributed by atoms with Crippen LogP contribution in [0.3, 0.4) is 0 Å². The number of hydrogen-bond acceptors (Lipinski definition) is 3. The molecular formula is C13H17NO2. The van der Waals surface area contributed by atoms with Crippen LogP contribution >= 0.6 is 0 Å². The van der Waals surface area contributed by atoms with E-state index in [0.717, 1.165) is 24.3 Å². The minimum absolute atomic E-state index is 0.116. The third-order valence-electron chi connectivity index (χ3n) is 3.33. The Hall–Kier alpha value is -1.22. The van der Waals surface area contributed by atoms with Crippen LogP contribution in [0.2, 0.25) is 0 Å². The highest BCUT2D eigenvalue weighted by Gasteiger charge is 2.43. The van der Waals surface area contributed by atoms with E-state index in [9.17, 15) is 0 Å². The predicted octanol–water partition coefficient (Wildman–Crippen LogP) is 2.45. The largest absolute Gasteiger partial charge is 0.449 e. The summed E-state index contributed by atoms with van der Waals surface area (Å²) in [4.78, 5) is 0. The molecule has 0 spiro atoms. The first-order valence-electron chi connectivity index (χ1n) is 5.72. The molecule has 1 saturated carbocycles. The summed E-state index contributed by atoms with van der Waals surface area (Å²) in [5, 5.41) is 0. The summed E-state index contributed by atoms with van der Waals surface area (Å²) < 4.78 is 11.4. The van der Waals surface area contributed by atoms with Gasteiger partial charge in [0.05, 0.1) is 0 Å². The predicted molar refractivity (Wildman–Crippen MR) is 61.6 cm³/mol.